The fourth-order valence-electron chi connectivity index (χ4n) is 0.503. The van der Waals surface area contributed by atoms with Gasteiger partial charge in [-0.05, 0) is 6.42 Å². The van der Waals surface area contributed by atoms with Gasteiger partial charge in [0.1, 0.15) is 6.17 Å². The van der Waals surface area contributed by atoms with Crippen molar-refractivity contribution >= 4 is 0 Å². The van der Waals surface area contributed by atoms with Crippen LogP contribution in [-0.4, -0.2) is 12.3 Å². The second kappa shape index (κ2) is 1.36. The predicted molar refractivity (Wildman–Crippen MR) is 19.1 cm³/mol. The zero-order valence-electron chi connectivity index (χ0n) is 3.87. The van der Waals surface area contributed by atoms with Crippen LogP contribution in [0, 0.1) is 5.92 Å². The maximum Gasteiger partial charge on any atom is 0.394 e. The molecule has 0 heterocycles. The zero-order valence-corrected chi connectivity index (χ0v) is 3.87. The lowest BCUT2D eigenvalue weighted by Crippen LogP contribution is -2.11. The number of halogens is 4. The van der Waals surface area contributed by atoms with E-state index in [9.17, 15) is 17.6 Å². The predicted octanol–water partition coefficient (Wildman–Crippen LogP) is 1.91. The van der Waals surface area contributed by atoms with Crippen molar-refractivity contribution < 1.29 is 17.6 Å². The molecule has 0 aromatic rings. The van der Waals surface area contributed by atoms with Crippen molar-refractivity contribution in [3.63, 3.8) is 0 Å². The van der Waals surface area contributed by atoms with Crippen molar-refractivity contribution in [1.82, 2.24) is 0 Å². The summed E-state index contributed by atoms with van der Waals surface area (Å²) >= 11 is 0. The molecule has 8 heavy (non-hydrogen) atoms. The highest BCUT2D eigenvalue weighted by Gasteiger charge is 2.56. The highest BCUT2D eigenvalue weighted by atomic mass is 19.4. The smallest absolute Gasteiger partial charge is 0.247 e. The summed E-state index contributed by atoms with van der Waals surface area (Å²) in [6.45, 7) is 0. The summed E-state index contributed by atoms with van der Waals surface area (Å²) in [6, 6.07) is 0. The number of rotatable bonds is 0. The minimum atomic E-state index is -4.29. The third-order valence-corrected chi connectivity index (χ3v) is 1.13. The van der Waals surface area contributed by atoms with E-state index in [1.165, 1.54) is 0 Å². The Balaban J connectivity index is 2.39. The maximum atomic E-state index is 11.6. The van der Waals surface area contributed by atoms with Gasteiger partial charge in [0.15, 0.2) is 0 Å². The van der Waals surface area contributed by atoms with Gasteiger partial charge in [0.2, 0.25) is 0 Å². The van der Waals surface area contributed by atoms with E-state index in [-0.39, 0.29) is 6.42 Å². The van der Waals surface area contributed by atoms with Crippen molar-refractivity contribution in [3.8, 4) is 0 Å². The van der Waals surface area contributed by atoms with Crippen LogP contribution in [0.3, 0.4) is 0 Å². The molecule has 1 aliphatic rings. The van der Waals surface area contributed by atoms with E-state index >= 15 is 0 Å². The summed E-state index contributed by atoms with van der Waals surface area (Å²) < 4.78 is 45.3. The minimum absolute atomic E-state index is 0.330. The molecule has 4 heteroatoms. The summed E-state index contributed by atoms with van der Waals surface area (Å²) in [7, 11) is 0. The Morgan fingerprint density at radius 1 is 1.25 bits per heavy atom. The Morgan fingerprint density at radius 3 is 1.62 bits per heavy atom. The first kappa shape index (κ1) is 5.85. The maximum absolute atomic E-state index is 11.6. The van der Waals surface area contributed by atoms with E-state index in [2.05, 4.69) is 0 Å². The minimum Gasteiger partial charge on any atom is -0.247 e. The van der Waals surface area contributed by atoms with Gasteiger partial charge in [-0.2, -0.15) is 13.2 Å². The first-order chi connectivity index (χ1) is 3.52. The van der Waals surface area contributed by atoms with E-state index in [0.717, 1.165) is 0 Å². The lowest BCUT2D eigenvalue weighted by atomic mass is 10.4. The van der Waals surface area contributed by atoms with Crippen molar-refractivity contribution in [1.29, 1.82) is 0 Å². The van der Waals surface area contributed by atoms with Crippen LogP contribution in [0.5, 0.6) is 0 Å². The van der Waals surface area contributed by atoms with Crippen LogP contribution >= 0.6 is 0 Å². The van der Waals surface area contributed by atoms with Crippen molar-refractivity contribution in [2.75, 3.05) is 0 Å². The molecule has 0 radical (unpaired) electrons. The van der Waals surface area contributed by atoms with Crippen LogP contribution in [0.1, 0.15) is 6.42 Å². The molecule has 0 spiro atoms. The van der Waals surface area contributed by atoms with Crippen molar-refractivity contribution in [2.45, 2.75) is 18.8 Å². The van der Waals surface area contributed by atoms with Gasteiger partial charge in [-0.1, -0.05) is 0 Å². The Bertz CT molecular complexity index is 94.7. The highest BCUT2D eigenvalue weighted by molar-refractivity contribution is 4.91. The Labute approximate surface area is 43.5 Å². The van der Waals surface area contributed by atoms with Crippen LogP contribution in [0.25, 0.3) is 0 Å². The van der Waals surface area contributed by atoms with Gasteiger partial charge in [-0.15, -0.1) is 0 Å². The Kier molecular flexibility index (Phi) is 0.994. The van der Waals surface area contributed by atoms with Crippen LogP contribution < -0.4 is 0 Å². The van der Waals surface area contributed by atoms with Crippen LogP contribution in [0.2, 0.25) is 0 Å². The van der Waals surface area contributed by atoms with Crippen molar-refractivity contribution in [2.24, 2.45) is 5.92 Å². The molecule has 0 nitrogen and oxygen atoms in total. The van der Waals surface area contributed by atoms with E-state index in [0.29, 0.717) is 0 Å². The van der Waals surface area contributed by atoms with Gasteiger partial charge in [-0.3, -0.25) is 0 Å². The van der Waals surface area contributed by atoms with Gasteiger partial charge in [0.05, 0.1) is 5.92 Å². The Hall–Kier alpha value is -0.280. The van der Waals surface area contributed by atoms with Crippen molar-refractivity contribution in [3.05, 3.63) is 0 Å². The molecule has 0 N–H and O–H groups in total. The lowest BCUT2D eigenvalue weighted by Gasteiger charge is -1.99. The van der Waals surface area contributed by atoms with Gasteiger partial charge in [0, 0.05) is 0 Å². The third kappa shape index (κ3) is 0.928. The van der Waals surface area contributed by atoms with Gasteiger partial charge in [-0.25, -0.2) is 4.39 Å². The summed E-state index contributed by atoms with van der Waals surface area (Å²) in [6.07, 6.45) is -6.24. The fourth-order valence-corrected chi connectivity index (χ4v) is 0.503. The molecule has 0 aliphatic heterocycles. The number of hydrogen-bond acceptors (Lipinski definition) is 0. The second-order valence-electron chi connectivity index (χ2n) is 1.90. The van der Waals surface area contributed by atoms with Gasteiger partial charge < -0.3 is 0 Å². The summed E-state index contributed by atoms with van der Waals surface area (Å²) in [5.41, 5.74) is 0. The van der Waals surface area contributed by atoms with E-state index in [4.69, 9.17) is 0 Å². The van der Waals surface area contributed by atoms with Crippen LogP contribution in [-0.2, 0) is 0 Å². The van der Waals surface area contributed by atoms with E-state index in [1.807, 2.05) is 0 Å². The molecule has 2 unspecified atom stereocenters. The molecule has 0 amide bonds. The molecular formula is C4H4F4. The number of hydrogen-bond donors (Lipinski definition) is 0. The normalized spacial score (nSPS) is 37.5. The molecule has 0 aromatic heterocycles. The molecule has 1 fully saturated rings. The first-order valence-electron chi connectivity index (χ1n) is 2.22. The SMILES string of the molecule is FC1CC1C(F)(F)F. The lowest BCUT2D eigenvalue weighted by molar-refractivity contribution is -0.151. The highest BCUT2D eigenvalue weighted by Crippen LogP contribution is 2.46. The molecule has 1 rings (SSSR count). The van der Waals surface area contributed by atoms with E-state index in [1.54, 1.807) is 0 Å². The molecule has 1 aliphatic carbocycles. The quantitative estimate of drug-likeness (QED) is 0.437. The second-order valence-corrected chi connectivity index (χ2v) is 1.90. The average molecular weight is 128 g/mol. The van der Waals surface area contributed by atoms with Crippen LogP contribution in [0.4, 0.5) is 17.6 Å². The molecule has 0 aromatic carbocycles. The summed E-state index contributed by atoms with van der Waals surface area (Å²) in [4.78, 5) is 0. The first-order valence-corrected chi connectivity index (χ1v) is 2.22. The topological polar surface area (TPSA) is 0 Å². The monoisotopic (exact) mass is 128 g/mol. The standard InChI is InChI=1S/C4H4F4/c5-3-1-2(3)4(6,7)8/h2-3H,1H2. The van der Waals surface area contributed by atoms with Gasteiger partial charge >= 0.3 is 6.18 Å². The largest absolute Gasteiger partial charge is 0.394 e. The molecule has 0 saturated heterocycles. The molecule has 2 atom stereocenters. The van der Waals surface area contributed by atoms with Crippen LogP contribution in [0.15, 0.2) is 0 Å². The molecule has 48 valence electrons. The third-order valence-electron chi connectivity index (χ3n) is 1.13. The Morgan fingerprint density at radius 2 is 1.62 bits per heavy atom. The zero-order chi connectivity index (χ0) is 6.36. The number of alkyl halides is 4. The average Bonchev–Trinajstić information content (AvgIpc) is 2.13. The molecular weight excluding hydrogens is 124 g/mol. The fraction of sp³-hybridized carbons (Fsp3) is 1.00. The van der Waals surface area contributed by atoms with E-state index < -0.39 is 18.3 Å². The molecule has 1 saturated carbocycles. The molecule has 0 bridgehead atoms. The summed E-state index contributed by atoms with van der Waals surface area (Å²) in [5, 5.41) is 0. The van der Waals surface area contributed by atoms with Gasteiger partial charge in [0.25, 0.3) is 0 Å². The summed E-state index contributed by atoms with van der Waals surface area (Å²) in [5.74, 6) is -1.65.